The molecule has 1 heteroatoms. The molecule has 0 aliphatic heterocycles. The van der Waals surface area contributed by atoms with Gasteiger partial charge >= 0.3 is 0 Å². The number of hydrogen-bond donors (Lipinski definition) is 1. The first-order valence-electron chi connectivity index (χ1n) is 8.23. The fraction of sp³-hybridized carbons (Fsp3) is 0.0435. The molecule has 0 saturated heterocycles. The highest BCUT2D eigenvalue weighted by atomic mass is 14.7. The molecule has 1 N–H and O–H groups in total. The van der Waals surface area contributed by atoms with Crippen molar-refractivity contribution in [1.82, 2.24) is 4.98 Å². The lowest BCUT2D eigenvalue weighted by molar-refractivity contribution is 0.720. The molecule has 0 aliphatic rings. The van der Waals surface area contributed by atoms with Crippen molar-refractivity contribution >= 4 is 0 Å². The van der Waals surface area contributed by atoms with Gasteiger partial charge < -0.3 is 4.98 Å². The number of rotatable bonds is 4. The van der Waals surface area contributed by atoms with Crippen molar-refractivity contribution in [3.63, 3.8) is 0 Å². The van der Waals surface area contributed by atoms with E-state index >= 15 is 0 Å². The smallest absolute Gasteiger partial charge is 0.0851 e. The van der Waals surface area contributed by atoms with Gasteiger partial charge in [-0.2, -0.15) is 0 Å². The summed E-state index contributed by atoms with van der Waals surface area (Å²) < 4.78 is 0. The van der Waals surface area contributed by atoms with Crippen LogP contribution >= 0.6 is 0 Å². The average Bonchev–Trinajstić information content (AvgIpc) is 3.20. The molecule has 0 spiro atoms. The monoisotopic (exact) mass is 309 g/mol. The highest BCUT2D eigenvalue weighted by molar-refractivity contribution is 5.57. The summed E-state index contributed by atoms with van der Waals surface area (Å²) in [7, 11) is 0. The van der Waals surface area contributed by atoms with E-state index in [1.165, 1.54) is 22.4 Å². The van der Waals surface area contributed by atoms with Gasteiger partial charge in [0, 0.05) is 11.9 Å². The molecule has 3 aromatic carbocycles. The molecule has 1 aromatic heterocycles. The lowest BCUT2D eigenvalue weighted by Crippen LogP contribution is -2.31. The van der Waals surface area contributed by atoms with E-state index in [1.807, 2.05) is 6.20 Å². The molecule has 0 atom stereocenters. The van der Waals surface area contributed by atoms with Gasteiger partial charge in [-0.25, -0.2) is 0 Å². The summed E-state index contributed by atoms with van der Waals surface area (Å²) in [6.07, 6.45) is 2.00. The third-order valence-electron chi connectivity index (χ3n) is 4.62. The Labute approximate surface area is 142 Å². The maximum atomic E-state index is 3.47. The van der Waals surface area contributed by atoms with Crippen molar-refractivity contribution in [2.45, 2.75) is 5.41 Å². The van der Waals surface area contributed by atoms with Crippen molar-refractivity contribution in [3.05, 3.63) is 132 Å². The third kappa shape index (κ3) is 2.26. The van der Waals surface area contributed by atoms with E-state index in [0.717, 1.165) is 0 Å². The van der Waals surface area contributed by atoms with Gasteiger partial charge in [-0.05, 0) is 28.8 Å². The van der Waals surface area contributed by atoms with Crippen molar-refractivity contribution in [2.75, 3.05) is 0 Å². The van der Waals surface area contributed by atoms with E-state index < -0.39 is 0 Å². The van der Waals surface area contributed by atoms with Crippen LogP contribution in [-0.4, -0.2) is 4.98 Å². The predicted molar refractivity (Wildman–Crippen MR) is 99.1 cm³/mol. The summed E-state index contributed by atoms with van der Waals surface area (Å²) in [5.74, 6) is 0. The maximum absolute atomic E-state index is 3.47. The molecule has 4 rings (SSSR count). The fourth-order valence-electron chi connectivity index (χ4n) is 3.59. The molecule has 4 aromatic rings. The molecule has 1 heterocycles. The van der Waals surface area contributed by atoms with Gasteiger partial charge in [-0.1, -0.05) is 91.0 Å². The molecule has 0 saturated carbocycles. The minimum atomic E-state index is -0.354. The largest absolute Gasteiger partial charge is 0.364 e. The fourth-order valence-corrected chi connectivity index (χ4v) is 3.59. The van der Waals surface area contributed by atoms with Crippen molar-refractivity contribution < 1.29 is 0 Å². The van der Waals surface area contributed by atoms with Crippen molar-refractivity contribution in [1.29, 1.82) is 0 Å². The van der Waals surface area contributed by atoms with Crippen LogP contribution in [0.2, 0.25) is 0 Å². The first-order chi connectivity index (χ1) is 11.9. The number of H-pyrrole nitrogens is 1. The number of aromatic nitrogens is 1. The highest BCUT2D eigenvalue weighted by Gasteiger charge is 2.38. The van der Waals surface area contributed by atoms with Crippen molar-refractivity contribution in [2.24, 2.45) is 0 Å². The molecule has 0 bridgehead atoms. The third-order valence-corrected chi connectivity index (χ3v) is 4.62. The second-order valence-corrected chi connectivity index (χ2v) is 5.93. The number of hydrogen-bond acceptors (Lipinski definition) is 0. The summed E-state index contributed by atoms with van der Waals surface area (Å²) in [5.41, 5.74) is 4.58. The molecule has 0 amide bonds. The Morgan fingerprint density at radius 3 is 1.21 bits per heavy atom. The molecule has 1 nitrogen and oxygen atoms in total. The predicted octanol–water partition coefficient (Wildman–Crippen LogP) is 5.40. The topological polar surface area (TPSA) is 15.8 Å². The van der Waals surface area contributed by atoms with Crippen molar-refractivity contribution in [3.8, 4) is 0 Å². The average molecular weight is 309 g/mol. The van der Waals surface area contributed by atoms with Gasteiger partial charge in [0.05, 0.1) is 5.41 Å². The number of benzene rings is 3. The summed E-state index contributed by atoms with van der Waals surface area (Å²) in [5, 5.41) is 0. The van der Waals surface area contributed by atoms with Gasteiger partial charge in [0.15, 0.2) is 0 Å². The lowest BCUT2D eigenvalue weighted by atomic mass is 9.67. The molecule has 0 aliphatic carbocycles. The summed E-state index contributed by atoms with van der Waals surface area (Å²) >= 11 is 0. The number of aromatic amines is 1. The Bertz CT molecular complexity index is 782. The second-order valence-electron chi connectivity index (χ2n) is 5.93. The molecular weight excluding hydrogens is 290 g/mol. The van der Waals surface area contributed by atoms with Gasteiger partial charge in [0.1, 0.15) is 0 Å². The Kier molecular flexibility index (Phi) is 3.76. The maximum Gasteiger partial charge on any atom is 0.0851 e. The van der Waals surface area contributed by atoms with Crippen LogP contribution in [0.5, 0.6) is 0 Å². The van der Waals surface area contributed by atoms with Crippen LogP contribution in [0.4, 0.5) is 0 Å². The van der Waals surface area contributed by atoms with Gasteiger partial charge in [-0.15, -0.1) is 0 Å². The second kappa shape index (κ2) is 6.21. The van der Waals surface area contributed by atoms with Gasteiger partial charge in [0.25, 0.3) is 0 Å². The van der Waals surface area contributed by atoms with Crippen LogP contribution in [0.25, 0.3) is 0 Å². The Hall–Kier alpha value is -3.06. The Balaban J connectivity index is 2.12. The van der Waals surface area contributed by atoms with E-state index in [4.69, 9.17) is 0 Å². The zero-order chi connectivity index (χ0) is 16.2. The Morgan fingerprint density at radius 2 is 0.875 bits per heavy atom. The molecular formula is C23H19N. The summed E-state index contributed by atoms with van der Waals surface area (Å²) in [6, 6.07) is 36.4. The molecule has 0 fully saturated rings. The van der Waals surface area contributed by atoms with Crippen LogP contribution in [0.15, 0.2) is 109 Å². The standard InChI is InChI=1S/C23H19N/c1-4-11-19(12-5-1)23(22-17-10-18-24-22,20-13-6-2-7-14-20)21-15-8-3-9-16-21/h1-18,24H. The van der Waals surface area contributed by atoms with E-state index in [9.17, 15) is 0 Å². The van der Waals surface area contributed by atoms with E-state index in [2.05, 4.69) is 108 Å². The molecule has 116 valence electrons. The normalized spacial score (nSPS) is 11.3. The van der Waals surface area contributed by atoms with Crippen LogP contribution in [0, 0.1) is 0 Å². The van der Waals surface area contributed by atoms with Crippen LogP contribution < -0.4 is 0 Å². The van der Waals surface area contributed by atoms with Gasteiger partial charge in [-0.3, -0.25) is 0 Å². The first kappa shape index (κ1) is 14.5. The zero-order valence-corrected chi connectivity index (χ0v) is 13.4. The van der Waals surface area contributed by atoms with Crippen LogP contribution in [-0.2, 0) is 5.41 Å². The van der Waals surface area contributed by atoms with E-state index in [-0.39, 0.29) is 5.41 Å². The summed E-state index contributed by atoms with van der Waals surface area (Å²) in [6.45, 7) is 0. The quantitative estimate of drug-likeness (QED) is 0.486. The van der Waals surface area contributed by atoms with E-state index in [0.29, 0.717) is 0 Å². The first-order valence-corrected chi connectivity index (χ1v) is 8.23. The zero-order valence-electron chi connectivity index (χ0n) is 13.4. The van der Waals surface area contributed by atoms with Crippen LogP contribution in [0.1, 0.15) is 22.4 Å². The molecule has 0 unspecified atom stereocenters. The lowest BCUT2D eigenvalue weighted by Gasteiger charge is -2.35. The van der Waals surface area contributed by atoms with E-state index in [1.54, 1.807) is 0 Å². The van der Waals surface area contributed by atoms with Gasteiger partial charge in [0.2, 0.25) is 0 Å². The minimum absolute atomic E-state index is 0.354. The van der Waals surface area contributed by atoms with Crippen LogP contribution in [0.3, 0.4) is 0 Å². The SMILES string of the molecule is c1ccc(C(c2ccccc2)(c2ccccc2)c2ccc[nH]2)cc1. The minimum Gasteiger partial charge on any atom is -0.364 e. The molecule has 24 heavy (non-hydrogen) atoms. The Morgan fingerprint density at radius 1 is 0.458 bits per heavy atom. The number of nitrogens with one attached hydrogen (secondary N) is 1. The summed E-state index contributed by atoms with van der Waals surface area (Å²) in [4.78, 5) is 3.47. The molecule has 0 radical (unpaired) electrons. The highest BCUT2D eigenvalue weighted by Crippen LogP contribution is 2.44.